The van der Waals surface area contributed by atoms with Crippen molar-refractivity contribution in [3.8, 4) is 11.5 Å². The van der Waals surface area contributed by atoms with E-state index in [1.165, 1.54) is 53.3 Å². The Hall–Kier alpha value is -5.40. The van der Waals surface area contributed by atoms with Crippen molar-refractivity contribution in [3.63, 3.8) is 0 Å². The van der Waals surface area contributed by atoms with E-state index in [2.05, 4.69) is 9.47 Å². The van der Waals surface area contributed by atoms with E-state index in [4.69, 9.17) is 14.2 Å². The summed E-state index contributed by atoms with van der Waals surface area (Å²) in [5.41, 5.74) is 1.02. The van der Waals surface area contributed by atoms with Crippen LogP contribution in [0.3, 0.4) is 0 Å². The molecule has 0 saturated heterocycles. The summed E-state index contributed by atoms with van der Waals surface area (Å²) in [5, 5.41) is 0. The lowest BCUT2D eigenvalue weighted by Gasteiger charge is -2.40. The molecule has 0 N–H and O–H groups in total. The van der Waals surface area contributed by atoms with E-state index in [0.29, 0.717) is 0 Å². The summed E-state index contributed by atoms with van der Waals surface area (Å²) >= 11 is 0. The van der Waals surface area contributed by atoms with E-state index < -0.39 is 79.3 Å². The van der Waals surface area contributed by atoms with Crippen LogP contribution in [0.4, 0.5) is 74.6 Å². The van der Waals surface area contributed by atoms with Gasteiger partial charge in [0.2, 0.25) is 0 Å². The molecule has 0 radical (unpaired) electrons. The Morgan fingerprint density at radius 2 is 1.03 bits per heavy atom. The van der Waals surface area contributed by atoms with Crippen LogP contribution >= 0.6 is 0 Å². The van der Waals surface area contributed by atoms with Crippen LogP contribution < -0.4 is 9.47 Å². The zero-order valence-corrected chi connectivity index (χ0v) is 30.6. The van der Waals surface area contributed by atoms with E-state index >= 15 is 0 Å². The average molecular weight is 927 g/mol. The van der Waals surface area contributed by atoms with Crippen molar-refractivity contribution in [3.05, 3.63) is 95.6 Å². The van der Waals surface area contributed by atoms with Gasteiger partial charge in [-0.15, -0.1) is 0 Å². The molecule has 2 unspecified atom stereocenters. The van der Waals surface area contributed by atoms with Gasteiger partial charge in [-0.2, -0.15) is 74.6 Å². The molecule has 0 aliphatic rings. The predicted octanol–water partition coefficient (Wildman–Crippen LogP) is 10.6. The van der Waals surface area contributed by atoms with E-state index in [1.807, 2.05) is 0 Å². The quantitative estimate of drug-likeness (QED) is 0.0474. The summed E-state index contributed by atoms with van der Waals surface area (Å²) in [7, 11) is 0. The van der Waals surface area contributed by atoms with Crippen LogP contribution in [0.1, 0.15) is 52.0 Å². The fourth-order valence-electron chi connectivity index (χ4n) is 4.43. The van der Waals surface area contributed by atoms with Crippen molar-refractivity contribution in [2.75, 3.05) is 13.2 Å². The molecule has 3 rings (SSSR count). The maximum Gasteiger partial charge on any atom is 0.462 e. The summed E-state index contributed by atoms with van der Waals surface area (Å²) in [5.74, 6) is -25.5. The number of hydrogen-bond donors (Lipinski definition) is 0. The Kier molecular flexibility index (Phi) is 15.9. The van der Waals surface area contributed by atoms with Crippen molar-refractivity contribution in [2.24, 2.45) is 0 Å². The molecule has 9 nitrogen and oxygen atoms in total. The highest BCUT2D eigenvalue weighted by atomic mass is 19.4. The van der Waals surface area contributed by atoms with Crippen LogP contribution in [0.2, 0.25) is 0 Å². The molecule has 3 aromatic rings. The minimum atomic E-state index is -8.04. The van der Waals surface area contributed by atoms with E-state index in [1.54, 1.807) is 30.3 Å². The van der Waals surface area contributed by atoms with Gasteiger partial charge in [0, 0.05) is 6.42 Å². The SMILES string of the molecule is O=C(CCCCCOc1ccc(C(=O)Oc2ccc(C(=O)OCc3ccccc3)cc2)cc1)OCC(F)(OC(F)(F)C(F)(OC(F)(F)C(F)(F)C(F)(F)F)C(F)(F)F)C(F)(F)F. The fourth-order valence-corrected chi connectivity index (χ4v) is 4.43. The smallest absolute Gasteiger partial charge is 0.462 e. The van der Waals surface area contributed by atoms with Gasteiger partial charge in [0.05, 0.1) is 17.7 Å². The molecule has 0 bridgehead atoms. The van der Waals surface area contributed by atoms with Crippen molar-refractivity contribution < 1.29 is 117 Å². The highest BCUT2D eigenvalue weighted by Gasteiger charge is 2.85. The number of alkyl halides is 17. The number of halogens is 17. The number of esters is 3. The Morgan fingerprint density at radius 1 is 0.500 bits per heavy atom. The Morgan fingerprint density at radius 3 is 1.55 bits per heavy atom. The number of benzene rings is 3. The molecule has 0 amide bonds. The molecule has 344 valence electrons. The number of carbonyl (C=O) groups is 3. The molecular formula is C36H27F17O9. The van der Waals surface area contributed by atoms with Crippen molar-refractivity contribution in [1.29, 1.82) is 0 Å². The van der Waals surface area contributed by atoms with Crippen molar-refractivity contribution in [2.45, 2.75) is 80.7 Å². The third kappa shape index (κ3) is 12.6. The first-order valence-corrected chi connectivity index (χ1v) is 16.9. The lowest BCUT2D eigenvalue weighted by molar-refractivity contribution is -0.552. The minimum Gasteiger partial charge on any atom is -0.494 e. The third-order valence-corrected chi connectivity index (χ3v) is 7.76. The van der Waals surface area contributed by atoms with Gasteiger partial charge in [0.1, 0.15) is 18.1 Å². The molecule has 0 fully saturated rings. The molecule has 0 aliphatic carbocycles. The minimum absolute atomic E-state index is 0.0381. The number of unbranched alkanes of at least 4 members (excludes halogenated alkanes) is 2. The number of carbonyl (C=O) groups excluding carboxylic acids is 3. The van der Waals surface area contributed by atoms with Crippen LogP contribution in [0.15, 0.2) is 78.9 Å². The van der Waals surface area contributed by atoms with Crippen LogP contribution in [0.25, 0.3) is 0 Å². The maximum absolute atomic E-state index is 14.6. The molecule has 0 saturated carbocycles. The van der Waals surface area contributed by atoms with Gasteiger partial charge in [0.25, 0.3) is 0 Å². The van der Waals surface area contributed by atoms with Crippen LogP contribution in [0.5, 0.6) is 11.5 Å². The van der Waals surface area contributed by atoms with E-state index in [-0.39, 0.29) is 55.1 Å². The number of ether oxygens (including phenoxy) is 6. The first-order valence-electron chi connectivity index (χ1n) is 16.9. The maximum atomic E-state index is 14.6. The molecule has 0 aromatic heterocycles. The molecule has 0 heterocycles. The largest absolute Gasteiger partial charge is 0.494 e. The lowest BCUT2D eigenvalue weighted by atomic mass is 10.2. The van der Waals surface area contributed by atoms with Gasteiger partial charge in [-0.25, -0.2) is 9.59 Å². The first-order chi connectivity index (χ1) is 28.4. The lowest BCUT2D eigenvalue weighted by Crippen LogP contribution is -2.67. The molecule has 3 aromatic carbocycles. The molecule has 62 heavy (non-hydrogen) atoms. The molecule has 2 atom stereocenters. The fraction of sp³-hybridized carbons (Fsp3) is 0.417. The summed E-state index contributed by atoms with van der Waals surface area (Å²) < 4.78 is 249. The van der Waals surface area contributed by atoms with E-state index in [0.717, 1.165) is 5.56 Å². The highest BCUT2D eigenvalue weighted by molar-refractivity contribution is 5.92. The van der Waals surface area contributed by atoms with Crippen LogP contribution in [-0.2, 0) is 30.3 Å². The Balaban J connectivity index is 1.47. The zero-order valence-electron chi connectivity index (χ0n) is 30.6. The highest BCUT2D eigenvalue weighted by Crippen LogP contribution is 2.56. The van der Waals surface area contributed by atoms with Gasteiger partial charge in [-0.05, 0) is 73.4 Å². The molecule has 26 heteroatoms. The normalized spacial score (nSPS) is 14.9. The van der Waals surface area contributed by atoms with Gasteiger partial charge in [0.15, 0.2) is 6.61 Å². The predicted molar refractivity (Wildman–Crippen MR) is 171 cm³/mol. The van der Waals surface area contributed by atoms with Gasteiger partial charge in [-0.3, -0.25) is 14.3 Å². The average Bonchev–Trinajstić information content (AvgIpc) is 3.16. The number of rotatable bonds is 20. The van der Waals surface area contributed by atoms with Crippen molar-refractivity contribution in [1.82, 2.24) is 0 Å². The molecule has 0 aliphatic heterocycles. The summed E-state index contributed by atoms with van der Waals surface area (Å²) in [6, 6.07) is 19.6. The zero-order chi connectivity index (χ0) is 47.0. The monoisotopic (exact) mass is 926 g/mol. The van der Waals surface area contributed by atoms with Gasteiger partial charge >= 0.3 is 66.3 Å². The van der Waals surface area contributed by atoms with Crippen molar-refractivity contribution >= 4 is 17.9 Å². The van der Waals surface area contributed by atoms with Crippen LogP contribution in [0, 0.1) is 0 Å². The number of hydrogen-bond acceptors (Lipinski definition) is 9. The third-order valence-electron chi connectivity index (χ3n) is 7.76. The summed E-state index contributed by atoms with van der Waals surface area (Å²) in [6.45, 7) is -3.29. The first kappa shape index (κ1) is 51.0. The second-order valence-electron chi connectivity index (χ2n) is 12.4. The standard InChI is InChI=1S/C36H27F17O9/c37-29(32(41,42)43,61-36(52,53)31(40,34(47,48)49)62-35(50,51)30(38,39)33(44,45)46)20-59-26(54)9-5-2-6-18-57-24-14-10-23(11-15-24)28(56)60-25-16-12-22(13-17-25)27(55)58-19-21-7-3-1-4-8-21/h1,3-4,7-8,10-17H,2,5-6,9,18-20H2. The second kappa shape index (κ2) is 19.3. The topological polar surface area (TPSA) is 107 Å². The molecule has 0 spiro atoms. The Bertz CT molecular complexity index is 1950. The van der Waals surface area contributed by atoms with E-state index in [9.17, 15) is 89.0 Å². The summed E-state index contributed by atoms with van der Waals surface area (Å²) in [4.78, 5) is 36.6. The van der Waals surface area contributed by atoms with Gasteiger partial charge in [-0.1, -0.05) is 30.3 Å². The Labute approximate surface area is 336 Å². The summed E-state index contributed by atoms with van der Waals surface area (Å²) in [6.07, 6.45) is -39.7. The van der Waals surface area contributed by atoms with Crippen LogP contribution in [-0.4, -0.2) is 79.5 Å². The second-order valence-corrected chi connectivity index (χ2v) is 12.4. The molecular weight excluding hydrogens is 899 g/mol. The van der Waals surface area contributed by atoms with Gasteiger partial charge < -0.3 is 18.9 Å².